The standard InChI is InChI=1S/C16H19BrS/c1-3-12(2)15(13-8-5-4-6-9-13)16(17)14-10-7-11-18-14/h4-12,15-16H,3H2,1-2H3. The maximum Gasteiger partial charge on any atom is 0.0560 e. The highest BCUT2D eigenvalue weighted by atomic mass is 79.9. The van der Waals surface area contributed by atoms with E-state index in [-0.39, 0.29) is 0 Å². The van der Waals surface area contributed by atoms with E-state index in [9.17, 15) is 0 Å². The number of halogens is 1. The van der Waals surface area contributed by atoms with Crippen LogP contribution in [-0.2, 0) is 0 Å². The summed E-state index contributed by atoms with van der Waals surface area (Å²) in [5.41, 5.74) is 1.43. The molecule has 3 unspecified atom stereocenters. The molecule has 3 atom stereocenters. The molecule has 0 amide bonds. The Morgan fingerprint density at radius 3 is 2.39 bits per heavy atom. The third kappa shape index (κ3) is 3.04. The summed E-state index contributed by atoms with van der Waals surface area (Å²) in [6, 6.07) is 15.2. The summed E-state index contributed by atoms with van der Waals surface area (Å²) in [6.07, 6.45) is 1.20. The van der Waals surface area contributed by atoms with E-state index in [2.05, 4.69) is 77.6 Å². The molecule has 1 aromatic carbocycles. The second kappa shape index (κ2) is 6.53. The first kappa shape index (κ1) is 13.8. The molecule has 2 rings (SSSR count). The van der Waals surface area contributed by atoms with Crippen LogP contribution in [0.3, 0.4) is 0 Å². The highest BCUT2D eigenvalue weighted by Gasteiger charge is 2.27. The summed E-state index contributed by atoms with van der Waals surface area (Å²) in [5, 5.41) is 2.16. The monoisotopic (exact) mass is 322 g/mol. The lowest BCUT2D eigenvalue weighted by molar-refractivity contribution is 0.442. The van der Waals surface area contributed by atoms with Crippen LogP contribution >= 0.6 is 27.3 Å². The Balaban J connectivity index is 2.31. The number of rotatable bonds is 5. The van der Waals surface area contributed by atoms with Crippen LogP contribution < -0.4 is 0 Å². The van der Waals surface area contributed by atoms with Gasteiger partial charge in [0.2, 0.25) is 0 Å². The van der Waals surface area contributed by atoms with Crippen molar-refractivity contribution in [1.29, 1.82) is 0 Å². The van der Waals surface area contributed by atoms with E-state index >= 15 is 0 Å². The molecule has 0 aliphatic carbocycles. The molecule has 2 heteroatoms. The lowest BCUT2D eigenvalue weighted by Gasteiger charge is -2.28. The Labute approximate surface area is 122 Å². The lowest BCUT2D eigenvalue weighted by atomic mass is 9.83. The van der Waals surface area contributed by atoms with Crippen molar-refractivity contribution >= 4 is 27.3 Å². The Morgan fingerprint density at radius 2 is 1.83 bits per heavy atom. The van der Waals surface area contributed by atoms with Gasteiger partial charge in [0.1, 0.15) is 0 Å². The molecule has 0 spiro atoms. The van der Waals surface area contributed by atoms with Gasteiger partial charge in [0.25, 0.3) is 0 Å². The van der Waals surface area contributed by atoms with Crippen molar-refractivity contribution in [3.63, 3.8) is 0 Å². The minimum atomic E-state index is 0.412. The molecule has 0 fully saturated rings. The minimum Gasteiger partial charge on any atom is -0.148 e. The first-order chi connectivity index (χ1) is 8.74. The van der Waals surface area contributed by atoms with Crippen molar-refractivity contribution in [2.24, 2.45) is 5.92 Å². The third-order valence-corrected chi connectivity index (χ3v) is 5.89. The van der Waals surface area contributed by atoms with E-state index in [4.69, 9.17) is 0 Å². The van der Waals surface area contributed by atoms with Crippen molar-refractivity contribution in [3.05, 3.63) is 58.3 Å². The molecule has 1 aromatic heterocycles. The predicted octanol–water partition coefficient (Wildman–Crippen LogP) is 6.01. The van der Waals surface area contributed by atoms with Crippen LogP contribution in [0, 0.1) is 5.92 Å². The number of hydrogen-bond acceptors (Lipinski definition) is 1. The Hall–Kier alpha value is -0.600. The van der Waals surface area contributed by atoms with E-state index in [0.29, 0.717) is 16.7 Å². The molecule has 1 heterocycles. The summed E-state index contributed by atoms with van der Waals surface area (Å²) >= 11 is 5.76. The van der Waals surface area contributed by atoms with Crippen LogP contribution in [0.5, 0.6) is 0 Å². The summed E-state index contributed by atoms with van der Waals surface area (Å²) in [6.45, 7) is 4.62. The van der Waals surface area contributed by atoms with Crippen molar-refractivity contribution in [2.45, 2.75) is 31.0 Å². The quantitative estimate of drug-likeness (QED) is 0.591. The molecule has 0 aliphatic heterocycles. The number of thiophene rings is 1. The summed E-state index contributed by atoms with van der Waals surface area (Å²) in [4.78, 5) is 1.83. The molecular weight excluding hydrogens is 304 g/mol. The second-order valence-corrected chi connectivity index (χ2v) is 6.70. The third-order valence-electron chi connectivity index (χ3n) is 3.57. The Bertz CT molecular complexity index is 449. The van der Waals surface area contributed by atoms with Crippen molar-refractivity contribution in [2.75, 3.05) is 0 Å². The summed E-state index contributed by atoms with van der Waals surface area (Å²) < 4.78 is 0. The van der Waals surface area contributed by atoms with Gasteiger partial charge in [0.15, 0.2) is 0 Å². The topological polar surface area (TPSA) is 0 Å². The average Bonchev–Trinajstić information content (AvgIpc) is 2.94. The normalized spacial score (nSPS) is 16.2. The van der Waals surface area contributed by atoms with Gasteiger partial charge >= 0.3 is 0 Å². The van der Waals surface area contributed by atoms with Gasteiger partial charge in [-0.2, -0.15) is 0 Å². The molecule has 0 saturated heterocycles. The van der Waals surface area contributed by atoms with Crippen LogP contribution in [0.15, 0.2) is 47.8 Å². The second-order valence-electron chi connectivity index (χ2n) is 4.74. The van der Waals surface area contributed by atoms with Crippen molar-refractivity contribution in [3.8, 4) is 0 Å². The summed E-state index contributed by atoms with van der Waals surface area (Å²) in [7, 11) is 0. The van der Waals surface area contributed by atoms with Crippen molar-refractivity contribution in [1.82, 2.24) is 0 Å². The fourth-order valence-electron chi connectivity index (χ4n) is 2.34. The number of alkyl halides is 1. The van der Waals surface area contributed by atoms with Crippen LogP contribution in [0.2, 0.25) is 0 Å². The fourth-order valence-corrected chi connectivity index (χ4v) is 4.39. The van der Waals surface area contributed by atoms with E-state index < -0.39 is 0 Å². The van der Waals surface area contributed by atoms with Gasteiger partial charge < -0.3 is 0 Å². The molecule has 0 nitrogen and oxygen atoms in total. The highest BCUT2D eigenvalue weighted by Crippen LogP contribution is 2.45. The van der Waals surface area contributed by atoms with Crippen LogP contribution in [0.25, 0.3) is 0 Å². The maximum absolute atomic E-state index is 3.92. The van der Waals surface area contributed by atoms with E-state index in [1.807, 2.05) is 11.3 Å². The number of hydrogen-bond donors (Lipinski definition) is 0. The van der Waals surface area contributed by atoms with Gasteiger partial charge in [0.05, 0.1) is 4.83 Å². The average molecular weight is 323 g/mol. The fraction of sp³-hybridized carbons (Fsp3) is 0.375. The van der Waals surface area contributed by atoms with E-state index in [1.54, 1.807) is 0 Å². The lowest BCUT2D eigenvalue weighted by Crippen LogP contribution is -2.13. The van der Waals surface area contributed by atoms with Gasteiger partial charge in [-0.25, -0.2) is 0 Å². The molecule has 0 saturated carbocycles. The maximum atomic E-state index is 3.92. The predicted molar refractivity (Wildman–Crippen MR) is 84.6 cm³/mol. The Morgan fingerprint density at radius 1 is 1.11 bits per heavy atom. The zero-order valence-electron chi connectivity index (χ0n) is 10.8. The first-order valence-electron chi connectivity index (χ1n) is 6.46. The molecule has 96 valence electrons. The van der Waals surface area contributed by atoms with Crippen LogP contribution in [0.1, 0.15) is 41.5 Å². The SMILES string of the molecule is CCC(C)C(c1ccccc1)C(Br)c1cccs1. The molecule has 18 heavy (non-hydrogen) atoms. The minimum absolute atomic E-state index is 0.412. The van der Waals surface area contributed by atoms with Crippen LogP contribution in [0.4, 0.5) is 0 Å². The van der Waals surface area contributed by atoms with Crippen molar-refractivity contribution < 1.29 is 0 Å². The molecule has 0 N–H and O–H groups in total. The molecule has 0 radical (unpaired) electrons. The van der Waals surface area contributed by atoms with Crippen LogP contribution in [-0.4, -0.2) is 0 Å². The van der Waals surface area contributed by atoms with Gasteiger partial charge in [-0.1, -0.05) is 72.6 Å². The first-order valence-corrected chi connectivity index (χ1v) is 8.26. The van der Waals surface area contributed by atoms with Gasteiger partial charge in [0, 0.05) is 10.8 Å². The van der Waals surface area contributed by atoms with Gasteiger partial charge in [-0.15, -0.1) is 11.3 Å². The zero-order valence-corrected chi connectivity index (χ0v) is 13.2. The van der Waals surface area contributed by atoms with Gasteiger partial charge in [-0.3, -0.25) is 0 Å². The molecule has 0 aliphatic rings. The van der Waals surface area contributed by atoms with E-state index in [1.165, 1.54) is 16.9 Å². The summed E-state index contributed by atoms with van der Waals surface area (Å²) in [5.74, 6) is 1.20. The number of benzene rings is 1. The molecule has 2 aromatic rings. The Kier molecular flexibility index (Phi) is 5.02. The largest absolute Gasteiger partial charge is 0.148 e. The van der Waals surface area contributed by atoms with Gasteiger partial charge in [-0.05, 0) is 22.9 Å². The zero-order chi connectivity index (χ0) is 13.0. The smallest absolute Gasteiger partial charge is 0.0560 e. The molecule has 0 bridgehead atoms. The molecular formula is C16H19BrS. The van der Waals surface area contributed by atoms with E-state index in [0.717, 1.165) is 0 Å². The highest BCUT2D eigenvalue weighted by molar-refractivity contribution is 9.09.